The molecule has 1 aliphatic carbocycles. The van der Waals surface area contributed by atoms with Crippen molar-refractivity contribution >= 4 is 23.0 Å². The molecule has 0 aliphatic heterocycles. The van der Waals surface area contributed by atoms with Gasteiger partial charge in [0.15, 0.2) is 5.82 Å². The molecule has 0 bridgehead atoms. The van der Waals surface area contributed by atoms with Gasteiger partial charge < -0.3 is 15.7 Å². The first-order valence-electron chi connectivity index (χ1n) is 6.72. The topological polar surface area (TPSA) is 75.3 Å². The van der Waals surface area contributed by atoms with Crippen molar-refractivity contribution in [3.8, 4) is 0 Å². The maximum absolute atomic E-state index is 9.30. The number of hydrogen-bond donors (Lipinski definition) is 2. The van der Waals surface area contributed by atoms with E-state index in [2.05, 4.69) is 14.9 Å². The number of hydrogen-bond acceptors (Lipinski definition) is 5. The average Bonchev–Trinajstić information content (AvgIpc) is 2.45. The molecule has 0 aromatic carbocycles. The van der Waals surface area contributed by atoms with Crippen molar-refractivity contribution in [3.63, 3.8) is 0 Å². The van der Waals surface area contributed by atoms with E-state index in [4.69, 9.17) is 18.0 Å². The van der Waals surface area contributed by atoms with Crippen LogP contribution in [0.4, 0.5) is 5.82 Å². The second-order valence-electron chi connectivity index (χ2n) is 4.80. The Morgan fingerprint density at radius 1 is 1.32 bits per heavy atom. The molecule has 0 atom stereocenters. The third-order valence-electron chi connectivity index (χ3n) is 3.54. The van der Waals surface area contributed by atoms with Crippen molar-refractivity contribution in [2.24, 2.45) is 5.73 Å². The molecule has 0 spiro atoms. The Kier molecular flexibility index (Phi) is 5.04. The van der Waals surface area contributed by atoms with Gasteiger partial charge in [-0.25, -0.2) is 9.97 Å². The molecule has 1 saturated carbocycles. The third kappa shape index (κ3) is 3.39. The number of thiocarbonyl (C=S) groups is 1. The van der Waals surface area contributed by atoms with E-state index in [1.54, 1.807) is 12.4 Å². The number of rotatable bonds is 5. The molecule has 0 unspecified atom stereocenters. The molecule has 0 saturated heterocycles. The highest BCUT2D eigenvalue weighted by molar-refractivity contribution is 7.80. The third-order valence-corrected chi connectivity index (χ3v) is 3.73. The van der Waals surface area contributed by atoms with Crippen LogP contribution in [-0.2, 0) is 0 Å². The largest absolute Gasteiger partial charge is 0.395 e. The zero-order valence-corrected chi connectivity index (χ0v) is 11.8. The Bertz CT molecular complexity index is 434. The van der Waals surface area contributed by atoms with E-state index in [0.29, 0.717) is 24.1 Å². The lowest BCUT2D eigenvalue weighted by molar-refractivity contribution is 0.289. The lowest BCUT2D eigenvalue weighted by Gasteiger charge is -2.35. The van der Waals surface area contributed by atoms with E-state index in [0.717, 1.165) is 12.8 Å². The molecule has 2 rings (SSSR count). The average molecular weight is 280 g/mol. The first kappa shape index (κ1) is 14.1. The summed E-state index contributed by atoms with van der Waals surface area (Å²) in [6.45, 7) is 0.628. The summed E-state index contributed by atoms with van der Waals surface area (Å²) in [5.74, 6) is 0.705. The molecular formula is C13H20N4OS. The number of nitrogens with zero attached hydrogens (tertiary/aromatic N) is 3. The van der Waals surface area contributed by atoms with Gasteiger partial charge in [0.25, 0.3) is 0 Å². The second-order valence-corrected chi connectivity index (χ2v) is 5.24. The summed E-state index contributed by atoms with van der Waals surface area (Å²) in [4.78, 5) is 11.0. The number of nitrogens with two attached hydrogens (primary N) is 1. The van der Waals surface area contributed by atoms with Crippen molar-refractivity contribution in [3.05, 3.63) is 18.1 Å². The summed E-state index contributed by atoms with van der Waals surface area (Å²) in [5.41, 5.74) is 6.27. The van der Waals surface area contributed by atoms with Crippen LogP contribution in [0.5, 0.6) is 0 Å². The molecule has 104 valence electrons. The van der Waals surface area contributed by atoms with Gasteiger partial charge in [-0.2, -0.15) is 0 Å². The molecule has 19 heavy (non-hydrogen) atoms. The van der Waals surface area contributed by atoms with Crippen LogP contribution in [0.3, 0.4) is 0 Å². The summed E-state index contributed by atoms with van der Waals surface area (Å²) in [6.07, 6.45) is 9.19. The van der Waals surface area contributed by atoms with Crippen LogP contribution in [0.25, 0.3) is 0 Å². The molecular weight excluding hydrogens is 260 g/mol. The van der Waals surface area contributed by atoms with Gasteiger partial charge in [0.05, 0.1) is 6.61 Å². The van der Waals surface area contributed by atoms with Crippen LogP contribution >= 0.6 is 12.2 Å². The standard InChI is InChI=1S/C13H20N4OS/c14-12(19)11-13(16-7-6-15-11)17(8-9-18)10-4-2-1-3-5-10/h6-7,10,18H,1-5,8-9H2,(H2,14,19). The number of aliphatic hydroxyl groups excluding tert-OH is 1. The minimum Gasteiger partial charge on any atom is -0.395 e. The first-order valence-corrected chi connectivity index (χ1v) is 7.13. The quantitative estimate of drug-likeness (QED) is 0.791. The molecule has 1 fully saturated rings. The van der Waals surface area contributed by atoms with E-state index in [1.807, 2.05) is 0 Å². The zero-order valence-electron chi connectivity index (χ0n) is 11.0. The van der Waals surface area contributed by atoms with Gasteiger partial charge in [-0.05, 0) is 12.8 Å². The second kappa shape index (κ2) is 6.77. The number of anilines is 1. The lowest BCUT2D eigenvalue weighted by atomic mass is 9.94. The highest BCUT2D eigenvalue weighted by Crippen LogP contribution is 2.27. The highest BCUT2D eigenvalue weighted by atomic mass is 32.1. The minimum atomic E-state index is 0.0872. The Labute approximate surface area is 118 Å². The van der Waals surface area contributed by atoms with Crippen molar-refractivity contribution in [2.75, 3.05) is 18.1 Å². The Hall–Kier alpha value is -1.27. The highest BCUT2D eigenvalue weighted by Gasteiger charge is 2.24. The summed E-state index contributed by atoms with van der Waals surface area (Å²) >= 11 is 5.04. The Morgan fingerprint density at radius 2 is 2.00 bits per heavy atom. The van der Waals surface area contributed by atoms with Crippen LogP contribution < -0.4 is 10.6 Å². The Balaban J connectivity index is 2.29. The summed E-state index contributed by atoms with van der Waals surface area (Å²) < 4.78 is 0. The molecule has 3 N–H and O–H groups in total. The van der Waals surface area contributed by atoms with Gasteiger partial charge in [0, 0.05) is 25.0 Å². The summed E-state index contributed by atoms with van der Waals surface area (Å²) in [5, 5.41) is 9.30. The van der Waals surface area contributed by atoms with Crippen LogP contribution in [0, 0.1) is 0 Å². The molecule has 1 aromatic rings. The van der Waals surface area contributed by atoms with E-state index in [1.165, 1.54) is 19.3 Å². The van der Waals surface area contributed by atoms with Gasteiger partial charge in [-0.15, -0.1) is 0 Å². The maximum atomic E-state index is 9.30. The molecule has 0 amide bonds. The van der Waals surface area contributed by atoms with Crippen molar-refractivity contribution in [1.29, 1.82) is 0 Å². The van der Waals surface area contributed by atoms with Gasteiger partial charge in [-0.1, -0.05) is 31.5 Å². The maximum Gasteiger partial charge on any atom is 0.157 e. The Morgan fingerprint density at radius 3 is 2.63 bits per heavy atom. The molecule has 6 heteroatoms. The van der Waals surface area contributed by atoms with Crippen LogP contribution in [0.15, 0.2) is 12.4 Å². The van der Waals surface area contributed by atoms with Crippen molar-refractivity contribution in [1.82, 2.24) is 9.97 Å². The van der Waals surface area contributed by atoms with Gasteiger partial charge in [0.2, 0.25) is 0 Å². The summed E-state index contributed by atoms with van der Waals surface area (Å²) in [6, 6.07) is 0.394. The van der Waals surface area contributed by atoms with Crippen LogP contribution in [-0.4, -0.2) is 39.3 Å². The molecule has 0 radical (unpaired) electrons. The van der Waals surface area contributed by atoms with Crippen LogP contribution in [0.2, 0.25) is 0 Å². The fourth-order valence-corrected chi connectivity index (χ4v) is 2.82. The smallest absolute Gasteiger partial charge is 0.157 e. The monoisotopic (exact) mass is 280 g/mol. The SMILES string of the molecule is NC(=S)c1nccnc1N(CCO)C1CCCCC1. The summed E-state index contributed by atoms with van der Waals surface area (Å²) in [7, 11) is 0. The number of aliphatic hydroxyl groups is 1. The van der Waals surface area contributed by atoms with Crippen molar-refractivity contribution < 1.29 is 5.11 Å². The predicted molar refractivity (Wildman–Crippen MR) is 79.2 cm³/mol. The van der Waals surface area contributed by atoms with Crippen molar-refractivity contribution in [2.45, 2.75) is 38.1 Å². The van der Waals surface area contributed by atoms with Gasteiger partial charge in [-0.3, -0.25) is 0 Å². The molecule has 1 aromatic heterocycles. The fraction of sp³-hybridized carbons (Fsp3) is 0.615. The minimum absolute atomic E-state index is 0.0872. The first-order chi connectivity index (χ1) is 9.24. The zero-order chi connectivity index (χ0) is 13.7. The normalized spacial score (nSPS) is 16.3. The van der Waals surface area contributed by atoms with E-state index >= 15 is 0 Å². The molecule has 1 aliphatic rings. The van der Waals surface area contributed by atoms with E-state index in [9.17, 15) is 5.11 Å². The van der Waals surface area contributed by atoms with E-state index < -0.39 is 0 Å². The molecule has 5 nitrogen and oxygen atoms in total. The van der Waals surface area contributed by atoms with Gasteiger partial charge >= 0.3 is 0 Å². The predicted octanol–water partition coefficient (Wildman–Crippen LogP) is 1.24. The lowest BCUT2D eigenvalue weighted by Crippen LogP contribution is -2.40. The van der Waals surface area contributed by atoms with Gasteiger partial charge in [0.1, 0.15) is 10.7 Å². The number of aromatic nitrogens is 2. The molecule has 1 heterocycles. The van der Waals surface area contributed by atoms with E-state index in [-0.39, 0.29) is 11.6 Å². The van der Waals surface area contributed by atoms with Crippen LogP contribution in [0.1, 0.15) is 37.8 Å². The fourth-order valence-electron chi connectivity index (χ4n) is 2.68.